The van der Waals surface area contributed by atoms with Gasteiger partial charge in [0.15, 0.2) is 0 Å². The van der Waals surface area contributed by atoms with Gasteiger partial charge >= 0.3 is 0 Å². The molecular weight excluding hydrogens is 210 g/mol. The molecule has 98 valence electrons. The third kappa shape index (κ3) is 4.11. The van der Waals surface area contributed by atoms with Gasteiger partial charge in [0.05, 0.1) is 13.2 Å². The summed E-state index contributed by atoms with van der Waals surface area (Å²) in [6.07, 6.45) is 13.3. The Balaban J connectivity index is 1.82. The van der Waals surface area contributed by atoms with Gasteiger partial charge in [0.2, 0.25) is 0 Å². The van der Waals surface area contributed by atoms with Gasteiger partial charge in [-0.25, -0.2) is 0 Å². The average Bonchev–Trinajstić information content (AvgIpc) is 2.42. The number of morpholine rings is 1. The number of hydrogen-bond donors (Lipinski definition) is 0. The van der Waals surface area contributed by atoms with E-state index in [-0.39, 0.29) is 0 Å². The van der Waals surface area contributed by atoms with E-state index in [1.165, 1.54) is 38.5 Å². The first-order valence-corrected chi connectivity index (χ1v) is 7.40. The fraction of sp³-hybridized carbons (Fsp3) is 0.867. The largest absolute Gasteiger partial charge is 0.379 e. The lowest BCUT2D eigenvalue weighted by molar-refractivity contribution is 0.0249. The van der Waals surface area contributed by atoms with Crippen LogP contribution in [-0.2, 0) is 4.74 Å². The van der Waals surface area contributed by atoms with E-state index in [2.05, 4.69) is 24.0 Å². The minimum Gasteiger partial charge on any atom is -0.379 e. The maximum Gasteiger partial charge on any atom is 0.0594 e. The second-order valence-electron chi connectivity index (χ2n) is 5.41. The smallest absolute Gasteiger partial charge is 0.0594 e. The van der Waals surface area contributed by atoms with E-state index in [1.54, 1.807) is 0 Å². The molecule has 1 heterocycles. The van der Waals surface area contributed by atoms with E-state index < -0.39 is 0 Å². The van der Waals surface area contributed by atoms with Crippen LogP contribution in [0.15, 0.2) is 12.2 Å². The predicted octanol–water partition coefficient (Wildman–Crippen LogP) is 3.23. The quantitative estimate of drug-likeness (QED) is 0.696. The van der Waals surface area contributed by atoms with Gasteiger partial charge < -0.3 is 4.74 Å². The molecule has 1 aliphatic carbocycles. The van der Waals surface area contributed by atoms with Crippen LogP contribution in [0.5, 0.6) is 0 Å². The van der Waals surface area contributed by atoms with Gasteiger partial charge in [-0.2, -0.15) is 0 Å². The van der Waals surface area contributed by atoms with Gasteiger partial charge in [-0.05, 0) is 25.2 Å². The van der Waals surface area contributed by atoms with Gasteiger partial charge in [-0.15, -0.1) is 0 Å². The van der Waals surface area contributed by atoms with E-state index in [0.717, 1.165) is 32.2 Å². The molecule has 0 aromatic heterocycles. The molecule has 0 bridgehead atoms. The van der Waals surface area contributed by atoms with E-state index in [0.29, 0.717) is 6.04 Å². The molecule has 1 atom stereocenters. The summed E-state index contributed by atoms with van der Waals surface area (Å²) in [5.41, 5.74) is 0. The van der Waals surface area contributed by atoms with Crippen LogP contribution in [0.1, 0.15) is 45.4 Å². The van der Waals surface area contributed by atoms with Crippen molar-refractivity contribution in [1.82, 2.24) is 4.90 Å². The minimum absolute atomic E-state index is 0.640. The summed E-state index contributed by atoms with van der Waals surface area (Å²) in [6.45, 7) is 6.33. The molecule has 2 fully saturated rings. The Labute approximate surface area is 106 Å². The molecular formula is C15H27NO. The Kier molecular flexibility index (Phi) is 5.53. The molecule has 17 heavy (non-hydrogen) atoms. The van der Waals surface area contributed by atoms with Crippen molar-refractivity contribution in [2.45, 2.75) is 51.5 Å². The Bertz CT molecular complexity index is 227. The van der Waals surface area contributed by atoms with Crippen molar-refractivity contribution >= 4 is 0 Å². The highest BCUT2D eigenvalue weighted by atomic mass is 16.5. The van der Waals surface area contributed by atoms with Gasteiger partial charge in [0.25, 0.3) is 0 Å². The van der Waals surface area contributed by atoms with Crippen molar-refractivity contribution in [3.05, 3.63) is 12.2 Å². The first kappa shape index (κ1) is 13.1. The SMILES string of the molecule is CCC(/C=C/C1CCCCC1)N1CCOCC1. The molecule has 1 aliphatic heterocycles. The summed E-state index contributed by atoms with van der Waals surface area (Å²) >= 11 is 0. The van der Waals surface area contributed by atoms with Gasteiger partial charge in [-0.1, -0.05) is 38.3 Å². The molecule has 0 spiro atoms. The number of nitrogens with zero attached hydrogens (tertiary/aromatic N) is 1. The maximum atomic E-state index is 5.42. The third-order valence-electron chi connectivity index (χ3n) is 4.19. The number of allylic oxidation sites excluding steroid dienone is 1. The highest BCUT2D eigenvalue weighted by molar-refractivity contribution is 4.98. The molecule has 0 amide bonds. The molecule has 2 rings (SSSR count). The molecule has 2 nitrogen and oxygen atoms in total. The zero-order chi connectivity index (χ0) is 11.9. The third-order valence-corrected chi connectivity index (χ3v) is 4.19. The van der Waals surface area contributed by atoms with Crippen LogP contribution in [0.3, 0.4) is 0 Å². The lowest BCUT2D eigenvalue weighted by Gasteiger charge is -2.32. The summed E-state index contributed by atoms with van der Waals surface area (Å²) in [7, 11) is 0. The van der Waals surface area contributed by atoms with Crippen molar-refractivity contribution in [1.29, 1.82) is 0 Å². The molecule has 1 saturated carbocycles. The van der Waals surface area contributed by atoms with E-state index >= 15 is 0 Å². The summed E-state index contributed by atoms with van der Waals surface area (Å²) < 4.78 is 5.42. The second kappa shape index (κ2) is 7.17. The van der Waals surface area contributed by atoms with E-state index in [4.69, 9.17) is 4.74 Å². The summed E-state index contributed by atoms with van der Waals surface area (Å²) in [4.78, 5) is 2.57. The molecule has 0 aromatic carbocycles. The number of hydrogen-bond acceptors (Lipinski definition) is 2. The van der Waals surface area contributed by atoms with E-state index in [9.17, 15) is 0 Å². The van der Waals surface area contributed by atoms with Gasteiger partial charge in [0, 0.05) is 19.1 Å². The van der Waals surface area contributed by atoms with Crippen LogP contribution in [0.4, 0.5) is 0 Å². The second-order valence-corrected chi connectivity index (χ2v) is 5.41. The molecule has 0 N–H and O–H groups in total. The van der Waals surface area contributed by atoms with Crippen LogP contribution in [0.25, 0.3) is 0 Å². The fourth-order valence-electron chi connectivity index (χ4n) is 3.04. The first-order chi connectivity index (χ1) is 8.40. The topological polar surface area (TPSA) is 12.5 Å². The predicted molar refractivity (Wildman–Crippen MR) is 72.2 cm³/mol. The first-order valence-electron chi connectivity index (χ1n) is 7.40. The van der Waals surface area contributed by atoms with Crippen molar-refractivity contribution in [3.8, 4) is 0 Å². The minimum atomic E-state index is 0.640. The van der Waals surface area contributed by atoms with Crippen molar-refractivity contribution in [2.24, 2.45) is 5.92 Å². The average molecular weight is 237 g/mol. The lowest BCUT2D eigenvalue weighted by Crippen LogP contribution is -2.42. The maximum absolute atomic E-state index is 5.42. The molecule has 1 saturated heterocycles. The fourth-order valence-corrected chi connectivity index (χ4v) is 3.04. The van der Waals surface area contributed by atoms with Crippen LogP contribution < -0.4 is 0 Å². The highest BCUT2D eigenvalue weighted by Crippen LogP contribution is 2.25. The normalized spacial score (nSPS) is 26.4. The summed E-state index contributed by atoms with van der Waals surface area (Å²) in [5.74, 6) is 0.860. The summed E-state index contributed by atoms with van der Waals surface area (Å²) in [6, 6.07) is 0.640. The number of rotatable bonds is 4. The molecule has 0 radical (unpaired) electrons. The van der Waals surface area contributed by atoms with Crippen molar-refractivity contribution in [2.75, 3.05) is 26.3 Å². The van der Waals surface area contributed by atoms with Crippen LogP contribution in [-0.4, -0.2) is 37.2 Å². The monoisotopic (exact) mass is 237 g/mol. The van der Waals surface area contributed by atoms with Crippen LogP contribution in [0.2, 0.25) is 0 Å². The Morgan fingerprint density at radius 3 is 2.53 bits per heavy atom. The standard InChI is InChI=1S/C15H27NO/c1-2-15(16-10-12-17-13-11-16)9-8-14-6-4-3-5-7-14/h8-9,14-15H,2-7,10-13H2,1H3/b9-8+. The molecule has 1 unspecified atom stereocenters. The molecule has 0 aromatic rings. The molecule has 2 heteroatoms. The zero-order valence-electron chi connectivity index (χ0n) is 11.2. The van der Waals surface area contributed by atoms with Crippen molar-refractivity contribution < 1.29 is 4.74 Å². The molecule has 2 aliphatic rings. The Hall–Kier alpha value is -0.340. The Morgan fingerprint density at radius 2 is 1.88 bits per heavy atom. The zero-order valence-corrected chi connectivity index (χ0v) is 11.2. The lowest BCUT2D eigenvalue weighted by atomic mass is 9.88. The summed E-state index contributed by atoms with van der Waals surface area (Å²) in [5, 5.41) is 0. The van der Waals surface area contributed by atoms with Crippen molar-refractivity contribution in [3.63, 3.8) is 0 Å². The highest BCUT2D eigenvalue weighted by Gasteiger charge is 2.17. The van der Waals surface area contributed by atoms with Crippen LogP contribution in [0, 0.1) is 5.92 Å². The number of ether oxygens (including phenoxy) is 1. The van der Waals surface area contributed by atoms with Gasteiger partial charge in [0.1, 0.15) is 0 Å². The van der Waals surface area contributed by atoms with E-state index in [1.807, 2.05) is 0 Å². The van der Waals surface area contributed by atoms with Crippen LogP contribution >= 0.6 is 0 Å². The Morgan fingerprint density at radius 1 is 1.18 bits per heavy atom. The van der Waals surface area contributed by atoms with Gasteiger partial charge in [-0.3, -0.25) is 4.90 Å².